The van der Waals surface area contributed by atoms with E-state index in [1.807, 2.05) is 31.2 Å². The summed E-state index contributed by atoms with van der Waals surface area (Å²) in [4.78, 5) is 15.7. The molecule has 0 saturated heterocycles. The Morgan fingerprint density at radius 3 is 2.09 bits per heavy atom. The molecule has 0 spiro atoms. The number of H-pyrrole nitrogens is 1. The monoisotopic (exact) mass is 446 g/mol. The normalized spacial score (nSPS) is 12.0. The molecule has 8 heteroatoms. The van der Waals surface area contributed by atoms with Gasteiger partial charge in [-0.2, -0.15) is 18.4 Å². The van der Waals surface area contributed by atoms with E-state index in [4.69, 9.17) is 0 Å². The van der Waals surface area contributed by atoms with Gasteiger partial charge < -0.3 is 0 Å². The minimum atomic E-state index is -3.92. The molecule has 2 N–H and O–H groups in total. The van der Waals surface area contributed by atoms with Crippen molar-refractivity contribution in [1.82, 2.24) is 14.6 Å². The predicted octanol–water partition coefficient (Wildman–Crippen LogP) is 3.51. The molecule has 4 rings (SSSR count). The fraction of sp³-hybridized carbons (Fsp3) is 0.0833. The maximum absolute atomic E-state index is 13.3. The van der Waals surface area contributed by atoms with Gasteiger partial charge in [0.2, 0.25) is 0 Å². The van der Waals surface area contributed by atoms with Crippen LogP contribution in [0.4, 0.5) is 0 Å². The van der Waals surface area contributed by atoms with Crippen LogP contribution < -0.4 is 10.4 Å². The smallest absolute Gasteiger partial charge is 0.281 e. The van der Waals surface area contributed by atoms with Crippen molar-refractivity contribution in [3.8, 4) is 5.69 Å². The maximum atomic E-state index is 13.3. The first-order chi connectivity index (χ1) is 15.4. The van der Waals surface area contributed by atoms with Crippen molar-refractivity contribution in [2.75, 3.05) is 0 Å². The molecule has 3 aromatic carbocycles. The molecule has 7 nitrogen and oxygen atoms in total. The second-order valence-electron chi connectivity index (χ2n) is 7.32. The van der Waals surface area contributed by atoms with Crippen LogP contribution in [0.5, 0.6) is 0 Å². The molecule has 1 aromatic heterocycles. The number of hydrazone groups is 1. The highest BCUT2D eigenvalue weighted by Crippen LogP contribution is 2.15. The van der Waals surface area contributed by atoms with Gasteiger partial charge in [-0.05, 0) is 38.1 Å². The van der Waals surface area contributed by atoms with E-state index in [0.717, 1.165) is 5.56 Å². The molecule has 1 heterocycles. The van der Waals surface area contributed by atoms with E-state index >= 15 is 0 Å². The molecule has 162 valence electrons. The molecule has 0 saturated carbocycles. The van der Waals surface area contributed by atoms with Crippen molar-refractivity contribution >= 4 is 15.7 Å². The van der Waals surface area contributed by atoms with Crippen molar-refractivity contribution in [3.05, 3.63) is 118 Å². The molecule has 0 fully saturated rings. The molecular formula is C24H22N4O3S. The first kappa shape index (κ1) is 21.3. The lowest BCUT2D eigenvalue weighted by molar-refractivity contribution is 0.584. The van der Waals surface area contributed by atoms with Gasteiger partial charge in [-0.25, -0.2) is 4.68 Å². The first-order valence-electron chi connectivity index (χ1n) is 9.96. The van der Waals surface area contributed by atoms with Gasteiger partial charge in [-0.3, -0.25) is 9.89 Å². The van der Waals surface area contributed by atoms with Crippen molar-refractivity contribution in [3.63, 3.8) is 0 Å². The van der Waals surface area contributed by atoms with Gasteiger partial charge in [-0.1, -0.05) is 66.2 Å². The summed E-state index contributed by atoms with van der Waals surface area (Å²) in [6.07, 6.45) is 0. The highest BCUT2D eigenvalue weighted by molar-refractivity contribution is 7.89. The Morgan fingerprint density at radius 2 is 1.47 bits per heavy atom. The van der Waals surface area contributed by atoms with Crippen molar-refractivity contribution in [2.45, 2.75) is 18.7 Å². The number of aromatic amines is 1. The van der Waals surface area contributed by atoms with Crippen LogP contribution in [-0.4, -0.2) is 23.9 Å². The minimum absolute atomic E-state index is 0.0896. The molecule has 0 bridgehead atoms. The predicted molar refractivity (Wildman–Crippen MR) is 125 cm³/mol. The van der Waals surface area contributed by atoms with E-state index in [1.165, 1.54) is 16.8 Å². The molecule has 0 radical (unpaired) electrons. The highest BCUT2D eigenvalue weighted by Gasteiger charge is 2.21. The number of aromatic nitrogens is 2. The molecule has 32 heavy (non-hydrogen) atoms. The zero-order valence-corrected chi connectivity index (χ0v) is 18.4. The first-order valence-corrected chi connectivity index (χ1v) is 11.4. The standard InChI is InChI=1S/C24H22N4O3S/c1-17-13-15-21(16-14-17)32(30,31)27-25-23(19-9-5-3-6-10-19)22-18(2)26-28(24(22)29)20-11-7-4-8-12-20/h3-16,26-27H,1-2H3/b25-23-. The summed E-state index contributed by atoms with van der Waals surface area (Å²) in [5, 5.41) is 7.27. The van der Waals surface area contributed by atoms with Crippen LogP contribution in [0.25, 0.3) is 5.69 Å². The van der Waals surface area contributed by atoms with E-state index in [9.17, 15) is 13.2 Å². The highest BCUT2D eigenvalue weighted by atomic mass is 32.2. The van der Waals surface area contributed by atoms with Gasteiger partial charge in [0.1, 0.15) is 5.71 Å². The number of nitrogens with one attached hydrogen (secondary N) is 2. The minimum Gasteiger partial charge on any atom is -0.295 e. The fourth-order valence-corrected chi connectivity index (χ4v) is 4.13. The van der Waals surface area contributed by atoms with Gasteiger partial charge in [0.25, 0.3) is 15.6 Å². The summed E-state index contributed by atoms with van der Waals surface area (Å²) in [6.45, 7) is 3.63. The van der Waals surface area contributed by atoms with E-state index in [2.05, 4.69) is 15.0 Å². The molecular weight excluding hydrogens is 424 g/mol. The molecule has 4 aromatic rings. The van der Waals surface area contributed by atoms with Crippen LogP contribution in [0.15, 0.2) is 99.7 Å². The van der Waals surface area contributed by atoms with Crippen molar-refractivity contribution in [2.24, 2.45) is 5.10 Å². The Morgan fingerprint density at radius 1 is 0.875 bits per heavy atom. The maximum Gasteiger partial charge on any atom is 0.281 e. The second kappa shape index (κ2) is 8.68. The lowest BCUT2D eigenvalue weighted by Crippen LogP contribution is -2.25. The van der Waals surface area contributed by atoms with Crippen LogP contribution in [-0.2, 0) is 10.0 Å². The third-order valence-corrected chi connectivity index (χ3v) is 6.20. The largest absolute Gasteiger partial charge is 0.295 e. The van der Waals surface area contributed by atoms with Crippen LogP contribution in [0.2, 0.25) is 0 Å². The quantitative estimate of drug-likeness (QED) is 0.350. The number of benzene rings is 3. The fourth-order valence-electron chi connectivity index (χ4n) is 3.32. The number of para-hydroxylation sites is 1. The zero-order chi connectivity index (χ0) is 22.7. The van der Waals surface area contributed by atoms with Gasteiger partial charge in [-0.15, -0.1) is 0 Å². The molecule has 0 atom stereocenters. The van der Waals surface area contributed by atoms with E-state index in [0.29, 0.717) is 16.9 Å². The average molecular weight is 447 g/mol. The van der Waals surface area contributed by atoms with Crippen LogP contribution in [0, 0.1) is 13.8 Å². The van der Waals surface area contributed by atoms with E-state index in [1.54, 1.807) is 55.5 Å². The summed E-state index contributed by atoms with van der Waals surface area (Å²) in [5.41, 5.74) is 2.98. The number of sulfonamides is 1. The number of aryl methyl sites for hydroxylation is 2. The Labute approximate surface area is 186 Å². The third-order valence-electron chi connectivity index (χ3n) is 4.98. The van der Waals surface area contributed by atoms with Gasteiger partial charge in [0.05, 0.1) is 16.1 Å². The molecule has 0 unspecified atom stereocenters. The summed E-state index contributed by atoms with van der Waals surface area (Å²) in [7, 11) is -3.92. The summed E-state index contributed by atoms with van der Waals surface area (Å²) in [5.74, 6) is 0. The lowest BCUT2D eigenvalue weighted by atomic mass is 10.0. The van der Waals surface area contributed by atoms with E-state index in [-0.39, 0.29) is 21.7 Å². The van der Waals surface area contributed by atoms with Crippen LogP contribution in [0.1, 0.15) is 22.4 Å². The molecule has 0 aliphatic carbocycles. The number of hydrogen-bond acceptors (Lipinski definition) is 4. The summed E-state index contributed by atoms with van der Waals surface area (Å²) >= 11 is 0. The Kier molecular flexibility index (Phi) is 5.79. The van der Waals surface area contributed by atoms with Crippen LogP contribution >= 0.6 is 0 Å². The molecule has 0 aliphatic heterocycles. The zero-order valence-electron chi connectivity index (χ0n) is 17.6. The van der Waals surface area contributed by atoms with Crippen molar-refractivity contribution < 1.29 is 8.42 Å². The van der Waals surface area contributed by atoms with E-state index < -0.39 is 10.0 Å². The Bertz CT molecular complexity index is 1420. The number of nitrogens with zero attached hydrogens (tertiary/aromatic N) is 2. The third kappa shape index (κ3) is 4.26. The van der Waals surface area contributed by atoms with Crippen LogP contribution in [0.3, 0.4) is 0 Å². The Balaban J connectivity index is 1.82. The van der Waals surface area contributed by atoms with Gasteiger partial charge >= 0.3 is 0 Å². The SMILES string of the molecule is Cc1ccc(S(=O)(=O)N/N=C(/c2ccccc2)c2c(C)[nH]n(-c3ccccc3)c2=O)cc1. The second-order valence-corrected chi connectivity index (χ2v) is 8.98. The van der Waals surface area contributed by atoms with Crippen molar-refractivity contribution in [1.29, 1.82) is 0 Å². The molecule has 0 aliphatic rings. The van der Waals surface area contributed by atoms with Gasteiger partial charge in [0, 0.05) is 11.3 Å². The number of rotatable bonds is 6. The lowest BCUT2D eigenvalue weighted by Gasteiger charge is -2.08. The molecule has 0 amide bonds. The topological polar surface area (TPSA) is 96.3 Å². The summed E-state index contributed by atoms with van der Waals surface area (Å²) in [6, 6.07) is 24.6. The number of hydrogen-bond donors (Lipinski definition) is 2. The average Bonchev–Trinajstić information content (AvgIpc) is 3.10. The Hall–Kier alpha value is -3.91. The van der Waals surface area contributed by atoms with Gasteiger partial charge in [0.15, 0.2) is 0 Å². The summed E-state index contributed by atoms with van der Waals surface area (Å²) < 4.78 is 27.0.